The number of hydrogen-bond acceptors (Lipinski definition) is 0. The van der Waals surface area contributed by atoms with E-state index in [1.165, 1.54) is 64.5 Å². The van der Waals surface area contributed by atoms with Gasteiger partial charge in [0, 0.05) is 18.6 Å². The van der Waals surface area contributed by atoms with Crippen LogP contribution in [0.4, 0.5) is 0 Å². The molecule has 3 unspecified atom stereocenters. The molecular formula is C26H30N+. The molecule has 0 N–H and O–H groups in total. The number of rotatable bonds is 2. The fraction of sp³-hybridized carbons (Fsp3) is 0.423. The van der Waals surface area contributed by atoms with E-state index in [1.807, 2.05) is 0 Å². The van der Waals surface area contributed by atoms with Crippen molar-refractivity contribution in [1.29, 1.82) is 0 Å². The van der Waals surface area contributed by atoms with Gasteiger partial charge in [-0.15, -0.1) is 0 Å². The van der Waals surface area contributed by atoms with Gasteiger partial charge in [-0.25, -0.2) is 0 Å². The van der Waals surface area contributed by atoms with Crippen molar-refractivity contribution in [2.45, 2.75) is 52.4 Å². The smallest absolute Gasteiger partial charge is 0.198 e. The van der Waals surface area contributed by atoms with Gasteiger partial charge >= 0.3 is 0 Å². The average Bonchev–Trinajstić information content (AvgIpc) is 3.28. The fourth-order valence-electron chi connectivity index (χ4n) is 5.80. The molecule has 2 bridgehead atoms. The largest absolute Gasteiger partial charge is 0.220 e. The van der Waals surface area contributed by atoms with E-state index in [1.54, 1.807) is 5.56 Å². The molecule has 5 rings (SSSR count). The summed E-state index contributed by atoms with van der Waals surface area (Å²) < 4.78 is 2.36. The minimum Gasteiger partial charge on any atom is -0.198 e. The molecule has 3 atom stereocenters. The molecule has 2 aliphatic rings. The summed E-state index contributed by atoms with van der Waals surface area (Å²) >= 11 is 0. The quantitative estimate of drug-likeness (QED) is 0.484. The van der Waals surface area contributed by atoms with Gasteiger partial charge in [0.05, 0.1) is 5.39 Å². The lowest BCUT2D eigenvalue weighted by Gasteiger charge is -2.22. The molecule has 2 aliphatic carbocycles. The molecule has 1 heterocycles. The van der Waals surface area contributed by atoms with Crippen molar-refractivity contribution in [1.82, 2.24) is 0 Å². The van der Waals surface area contributed by atoms with E-state index in [0.717, 1.165) is 17.8 Å². The van der Waals surface area contributed by atoms with E-state index in [4.69, 9.17) is 0 Å². The molecule has 3 aromatic rings. The lowest BCUT2D eigenvalue weighted by molar-refractivity contribution is -0.665. The number of benzene rings is 2. The van der Waals surface area contributed by atoms with Gasteiger partial charge in [-0.3, -0.25) is 0 Å². The van der Waals surface area contributed by atoms with Crippen LogP contribution in [0.15, 0.2) is 42.5 Å². The maximum Gasteiger partial charge on any atom is 0.220 e. The SMILES string of the molecule is Cc1ccc(C)c(-c2c3ccc(C4CC5CCC4C5)cc3cc(C)[n+]2C)c1. The first-order valence-electron chi connectivity index (χ1n) is 10.5. The molecule has 1 nitrogen and oxygen atoms in total. The maximum absolute atomic E-state index is 2.50. The Labute approximate surface area is 163 Å². The Morgan fingerprint density at radius 1 is 0.889 bits per heavy atom. The second kappa shape index (κ2) is 6.19. The predicted octanol–water partition coefficient (Wildman–Crippen LogP) is 6.16. The Bertz CT molecular complexity index is 1050. The van der Waals surface area contributed by atoms with Crippen LogP contribution >= 0.6 is 0 Å². The first-order chi connectivity index (χ1) is 13.0. The molecule has 1 aromatic heterocycles. The summed E-state index contributed by atoms with van der Waals surface area (Å²) in [5.41, 5.74) is 8.28. The van der Waals surface area contributed by atoms with Crippen molar-refractivity contribution in [2.24, 2.45) is 18.9 Å². The Morgan fingerprint density at radius 2 is 1.74 bits per heavy atom. The minimum absolute atomic E-state index is 0.798. The van der Waals surface area contributed by atoms with Crippen LogP contribution in [0.5, 0.6) is 0 Å². The molecule has 0 radical (unpaired) electrons. The minimum atomic E-state index is 0.798. The van der Waals surface area contributed by atoms with Gasteiger partial charge in [0.1, 0.15) is 7.05 Å². The van der Waals surface area contributed by atoms with Gasteiger partial charge < -0.3 is 0 Å². The van der Waals surface area contributed by atoms with E-state index in [0.29, 0.717) is 0 Å². The summed E-state index contributed by atoms with van der Waals surface area (Å²) in [7, 11) is 2.20. The molecule has 2 fully saturated rings. The summed E-state index contributed by atoms with van der Waals surface area (Å²) in [6.45, 7) is 6.65. The molecule has 2 saturated carbocycles. The van der Waals surface area contributed by atoms with Gasteiger partial charge in [-0.1, -0.05) is 36.2 Å². The normalized spacial score (nSPS) is 24.1. The number of aryl methyl sites for hydroxylation is 3. The summed E-state index contributed by atoms with van der Waals surface area (Å²) in [4.78, 5) is 0. The molecule has 2 aromatic carbocycles. The van der Waals surface area contributed by atoms with Crippen LogP contribution in [0.3, 0.4) is 0 Å². The Kier molecular flexibility index (Phi) is 3.89. The Hall–Kier alpha value is -2.15. The zero-order chi connectivity index (χ0) is 18.7. The highest BCUT2D eigenvalue weighted by atomic mass is 14.9. The third kappa shape index (κ3) is 2.71. The monoisotopic (exact) mass is 356 g/mol. The van der Waals surface area contributed by atoms with Crippen molar-refractivity contribution in [2.75, 3.05) is 0 Å². The molecule has 138 valence electrons. The molecule has 27 heavy (non-hydrogen) atoms. The summed E-state index contributed by atoms with van der Waals surface area (Å²) in [5.74, 6) is 2.73. The molecule has 1 heteroatoms. The second-order valence-corrected chi connectivity index (χ2v) is 9.14. The molecule has 0 amide bonds. The van der Waals surface area contributed by atoms with E-state index >= 15 is 0 Å². The third-order valence-electron chi connectivity index (χ3n) is 7.37. The summed E-state index contributed by atoms with van der Waals surface area (Å²) in [6, 6.07) is 16.5. The van der Waals surface area contributed by atoms with E-state index in [-0.39, 0.29) is 0 Å². The lowest BCUT2D eigenvalue weighted by atomic mass is 9.82. The highest BCUT2D eigenvalue weighted by Gasteiger charge is 2.40. The number of aromatic nitrogens is 1. The Morgan fingerprint density at radius 3 is 2.48 bits per heavy atom. The van der Waals surface area contributed by atoms with Gasteiger partial charge in [0.15, 0.2) is 5.69 Å². The number of fused-ring (bicyclic) bond motifs is 3. The van der Waals surface area contributed by atoms with Gasteiger partial charge in [-0.05, 0) is 79.5 Å². The predicted molar refractivity (Wildman–Crippen MR) is 113 cm³/mol. The van der Waals surface area contributed by atoms with Crippen LogP contribution in [-0.4, -0.2) is 0 Å². The van der Waals surface area contributed by atoms with Crippen LogP contribution in [-0.2, 0) is 7.05 Å². The zero-order valence-corrected chi connectivity index (χ0v) is 17.0. The van der Waals surface area contributed by atoms with E-state index in [2.05, 4.69) is 74.9 Å². The maximum atomic E-state index is 2.50. The fourth-order valence-corrected chi connectivity index (χ4v) is 5.80. The van der Waals surface area contributed by atoms with E-state index < -0.39 is 0 Å². The topological polar surface area (TPSA) is 3.88 Å². The van der Waals surface area contributed by atoms with E-state index in [9.17, 15) is 0 Å². The highest BCUT2D eigenvalue weighted by molar-refractivity contribution is 5.94. The van der Waals surface area contributed by atoms with Crippen molar-refractivity contribution < 1.29 is 4.57 Å². The summed E-state index contributed by atoms with van der Waals surface area (Å²) in [6.07, 6.45) is 5.81. The molecular weight excluding hydrogens is 326 g/mol. The highest BCUT2D eigenvalue weighted by Crippen LogP contribution is 2.53. The molecule has 0 aliphatic heterocycles. The number of hydrogen-bond donors (Lipinski definition) is 0. The van der Waals surface area contributed by atoms with Crippen LogP contribution in [0.1, 0.15) is 54.0 Å². The van der Waals surface area contributed by atoms with Crippen LogP contribution in [0.25, 0.3) is 22.0 Å². The second-order valence-electron chi connectivity index (χ2n) is 9.14. The number of nitrogens with zero attached hydrogens (tertiary/aromatic N) is 1. The first kappa shape index (κ1) is 17.0. The van der Waals surface area contributed by atoms with Crippen LogP contribution in [0.2, 0.25) is 0 Å². The average molecular weight is 357 g/mol. The zero-order valence-electron chi connectivity index (χ0n) is 17.0. The molecule has 0 saturated heterocycles. The van der Waals surface area contributed by atoms with Gasteiger partial charge in [0.2, 0.25) is 5.69 Å². The number of pyridine rings is 1. The van der Waals surface area contributed by atoms with Crippen LogP contribution < -0.4 is 4.57 Å². The molecule has 0 spiro atoms. The standard InChI is InChI=1S/C26H30N/c1-16-5-6-17(2)24(11-16)26-23-10-9-21(15-22(23)12-18(3)27(26)4)25-14-19-7-8-20(25)13-19/h5-6,9-12,15,19-20,25H,7-8,13-14H2,1-4H3/q+1. The van der Waals surface area contributed by atoms with Gasteiger partial charge in [-0.2, -0.15) is 4.57 Å². The van der Waals surface area contributed by atoms with Crippen molar-refractivity contribution in [3.63, 3.8) is 0 Å². The van der Waals surface area contributed by atoms with Crippen molar-refractivity contribution >= 4 is 10.8 Å². The van der Waals surface area contributed by atoms with Crippen LogP contribution in [0, 0.1) is 32.6 Å². The Balaban J connectivity index is 1.69. The first-order valence-corrected chi connectivity index (χ1v) is 10.5. The van der Waals surface area contributed by atoms with Crippen molar-refractivity contribution in [3.05, 3.63) is 64.8 Å². The van der Waals surface area contributed by atoms with Gasteiger partial charge in [0.25, 0.3) is 0 Å². The van der Waals surface area contributed by atoms with Crippen molar-refractivity contribution in [3.8, 4) is 11.3 Å². The summed E-state index contributed by atoms with van der Waals surface area (Å²) in [5, 5.41) is 2.78. The third-order valence-corrected chi connectivity index (χ3v) is 7.37. The lowest BCUT2D eigenvalue weighted by Crippen LogP contribution is -2.35.